The molecule has 0 amide bonds. The zero-order chi connectivity index (χ0) is 16.7. The Labute approximate surface area is 141 Å². The summed E-state index contributed by atoms with van der Waals surface area (Å²) in [6, 6.07) is 23.3. The minimum Gasteiger partial charge on any atom is -0.377 e. The number of benzene rings is 3. The maximum Gasteiger partial charge on any atom is 0.239 e. The largest absolute Gasteiger partial charge is 0.377 e. The number of hydrogen-bond donors (Lipinski definition) is 0. The quantitative estimate of drug-likeness (QED) is 0.411. The molecule has 24 heavy (non-hydrogen) atoms. The van der Waals surface area contributed by atoms with Gasteiger partial charge in [0.25, 0.3) is 0 Å². The van der Waals surface area contributed by atoms with E-state index in [4.69, 9.17) is 4.98 Å². The van der Waals surface area contributed by atoms with Crippen molar-refractivity contribution in [1.82, 2.24) is 4.98 Å². The van der Waals surface area contributed by atoms with Gasteiger partial charge in [-0.05, 0) is 30.7 Å². The van der Waals surface area contributed by atoms with Crippen molar-refractivity contribution in [1.29, 1.82) is 0 Å². The van der Waals surface area contributed by atoms with E-state index in [9.17, 15) is 0 Å². The molecular formula is C21H20N3+. The van der Waals surface area contributed by atoms with Crippen molar-refractivity contribution < 1.29 is 4.57 Å². The number of rotatable bonds is 2. The van der Waals surface area contributed by atoms with Crippen molar-refractivity contribution in [2.24, 2.45) is 0 Å². The van der Waals surface area contributed by atoms with E-state index in [1.54, 1.807) is 0 Å². The van der Waals surface area contributed by atoms with Gasteiger partial charge in [-0.3, -0.25) is 0 Å². The number of hydrogen-bond acceptors (Lipinski definition) is 2. The summed E-state index contributed by atoms with van der Waals surface area (Å²) in [6.07, 6.45) is 0. The van der Waals surface area contributed by atoms with Gasteiger partial charge in [-0.1, -0.05) is 24.3 Å². The average molecular weight is 314 g/mol. The third-order valence-corrected chi connectivity index (χ3v) is 4.34. The summed E-state index contributed by atoms with van der Waals surface area (Å²) in [5.74, 6) is 0. The molecule has 4 rings (SSSR count). The molecule has 3 aromatic carbocycles. The molecule has 0 saturated heterocycles. The molecule has 0 unspecified atom stereocenters. The van der Waals surface area contributed by atoms with Crippen LogP contribution in [0.5, 0.6) is 0 Å². The molecule has 0 aliphatic rings. The molecule has 0 spiro atoms. The molecule has 3 heteroatoms. The summed E-state index contributed by atoms with van der Waals surface area (Å²) in [4.78, 5) is 7.00. The Morgan fingerprint density at radius 2 is 1.58 bits per heavy atom. The first-order chi connectivity index (χ1) is 11.6. The molecule has 3 nitrogen and oxygen atoms in total. The third kappa shape index (κ3) is 2.38. The zero-order valence-electron chi connectivity index (χ0n) is 14.2. The van der Waals surface area contributed by atoms with Crippen molar-refractivity contribution in [3.8, 4) is 5.69 Å². The van der Waals surface area contributed by atoms with Gasteiger partial charge in [0.05, 0.1) is 0 Å². The van der Waals surface area contributed by atoms with Crippen LogP contribution in [-0.2, 0) is 0 Å². The van der Waals surface area contributed by atoms with E-state index >= 15 is 0 Å². The molecule has 1 aromatic heterocycles. The van der Waals surface area contributed by atoms with Crippen LogP contribution < -0.4 is 9.47 Å². The van der Waals surface area contributed by atoms with Gasteiger partial charge in [0, 0.05) is 44.0 Å². The Bertz CT molecular complexity index is 1040. The lowest BCUT2D eigenvalue weighted by atomic mass is 10.1. The first kappa shape index (κ1) is 14.6. The highest BCUT2D eigenvalue weighted by Crippen LogP contribution is 2.22. The lowest BCUT2D eigenvalue weighted by molar-refractivity contribution is -0.538. The van der Waals surface area contributed by atoms with Crippen LogP contribution in [0.4, 0.5) is 5.69 Å². The van der Waals surface area contributed by atoms with Crippen LogP contribution >= 0.6 is 0 Å². The maximum atomic E-state index is 4.89. The number of aryl methyl sites for hydroxylation is 1. The second kappa shape index (κ2) is 5.60. The van der Waals surface area contributed by atoms with Crippen LogP contribution in [-0.4, -0.2) is 19.1 Å². The smallest absolute Gasteiger partial charge is 0.239 e. The molecule has 0 aliphatic heterocycles. The lowest BCUT2D eigenvalue weighted by Gasteiger charge is -2.13. The highest BCUT2D eigenvalue weighted by molar-refractivity contribution is 5.84. The minimum absolute atomic E-state index is 1.00. The molecular weight excluding hydrogens is 294 g/mol. The fourth-order valence-corrected chi connectivity index (χ4v) is 3.09. The Morgan fingerprint density at radius 3 is 2.33 bits per heavy atom. The van der Waals surface area contributed by atoms with Crippen LogP contribution in [0.2, 0.25) is 0 Å². The predicted molar refractivity (Wildman–Crippen MR) is 99.8 cm³/mol. The van der Waals surface area contributed by atoms with E-state index in [2.05, 4.69) is 91.1 Å². The van der Waals surface area contributed by atoms with Gasteiger partial charge >= 0.3 is 0 Å². The predicted octanol–water partition coefficient (Wildman–Crippen LogP) is 4.04. The third-order valence-electron chi connectivity index (χ3n) is 4.34. The Morgan fingerprint density at radius 1 is 0.792 bits per heavy atom. The molecule has 0 N–H and O–H groups in total. The fourth-order valence-electron chi connectivity index (χ4n) is 3.09. The monoisotopic (exact) mass is 314 g/mol. The summed E-state index contributed by atoms with van der Waals surface area (Å²) in [5.41, 5.74) is 7.79. The number of anilines is 1. The molecule has 0 bridgehead atoms. The van der Waals surface area contributed by atoms with E-state index in [-0.39, 0.29) is 0 Å². The van der Waals surface area contributed by atoms with Crippen LogP contribution in [0.25, 0.3) is 27.8 Å². The Balaban J connectivity index is 2.17. The van der Waals surface area contributed by atoms with Crippen molar-refractivity contribution in [2.75, 3.05) is 19.0 Å². The van der Waals surface area contributed by atoms with E-state index in [0.29, 0.717) is 0 Å². The van der Waals surface area contributed by atoms with Gasteiger partial charge < -0.3 is 4.90 Å². The summed E-state index contributed by atoms with van der Waals surface area (Å²) in [7, 11) is 4.12. The van der Waals surface area contributed by atoms with E-state index < -0.39 is 0 Å². The summed E-state index contributed by atoms with van der Waals surface area (Å²) >= 11 is 0. The number of nitrogens with zero attached hydrogens (tertiary/aromatic N) is 3. The average Bonchev–Trinajstić information content (AvgIpc) is 2.59. The summed E-state index contributed by atoms with van der Waals surface area (Å²) in [6.45, 7) is 2.10. The maximum absolute atomic E-state index is 4.89. The van der Waals surface area contributed by atoms with Crippen molar-refractivity contribution in [3.05, 3.63) is 72.3 Å². The highest BCUT2D eigenvalue weighted by atomic mass is 15.1. The summed E-state index contributed by atoms with van der Waals surface area (Å²) < 4.78 is 2.30. The van der Waals surface area contributed by atoms with Crippen molar-refractivity contribution in [2.45, 2.75) is 6.92 Å². The fraction of sp³-hybridized carbons (Fsp3) is 0.143. The second-order valence-electron chi connectivity index (χ2n) is 6.34. The molecule has 118 valence electrons. The normalized spacial score (nSPS) is 11.1. The molecule has 4 aromatic rings. The lowest BCUT2D eigenvalue weighted by Crippen LogP contribution is -2.33. The SMILES string of the molecule is Cc1ccc2c(c1)nc1ccc(N(C)C)cc1[n+]2-c1ccccc1. The Hall–Kier alpha value is -2.94. The van der Waals surface area contributed by atoms with Gasteiger partial charge in [-0.15, -0.1) is 4.57 Å². The van der Waals surface area contributed by atoms with Gasteiger partial charge in [0.15, 0.2) is 0 Å². The Kier molecular flexibility index (Phi) is 3.42. The molecule has 0 saturated carbocycles. The van der Waals surface area contributed by atoms with Crippen LogP contribution in [0.1, 0.15) is 5.56 Å². The van der Waals surface area contributed by atoms with E-state index in [0.717, 1.165) is 27.8 Å². The molecule has 1 heterocycles. The zero-order valence-corrected chi connectivity index (χ0v) is 14.2. The number of para-hydroxylation sites is 1. The topological polar surface area (TPSA) is 20.0 Å². The highest BCUT2D eigenvalue weighted by Gasteiger charge is 2.19. The molecule has 0 radical (unpaired) electrons. The van der Waals surface area contributed by atoms with E-state index in [1.165, 1.54) is 11.3 Å². The number of fused-ring (bicyclic) bond motifs is 2. The van der Waals surface area contributed by atoms with Crippen LogP contribution in [0.3, 0.4) is 0 Å². The van der Waals surface area contributed by atoms with Crippen molar-refractivity contribution >= 4 is 27.8 Å². The first-order valence-electron chi connectivity index (χ1n) is 8.12. The van der Waals surface area contributed by atoms with E-state index in [1.807, 2.05) is 6.07 Å². The van der Waals surface area contributed by atoms with Gasteiger partial charge in [-0.25, -0.2) is 4.98 Å². The molecule has 0 aliphatic carbocycles. The number of aromatic nitrogens is 2. The molecule has 0 fully saturated rings. The van der Waals surface area contributed by atoms with Crippen LogP contribution in [0.15, 0.2) is 66.7 Å². The standard InChI is InChI=1S/C21H20N3/c1-15-9-12-20-19(13-15)22-18-11-10-17(23(2)3)14-21(18)24(20)16-7-5-4-6-8-16/h4-14H,1-3H3/q+1. The van der Waals surface area contributed by atoms with Crippen molar-refractivity contribution in [3.63, 3.8) is 0 Å². The first-order valence-corrected chi connectivity index (χ1v) is 8.12. The van der Waals surface area contributed by atoms with Gasteiger partial charge in [0.1, 0.15) is 11.0 Å². The van der Waals surface area contributed by atoms with Gasteiger partial charge in [-0.2, -0.15) is 0 Å². The second-order valence-corrected chi connectivity index (χ2v) is 6.34. The minimum atomic E-state index is 1.00. The molecule has 0 atom stereocenters. The van der Waals surface area contributed by atoms with Crippen LogP contribution in [0, 0.1) is 6.92 Å². The summed E-state index contributed by atoms with van der Waals surface area (Å²) in [5, 5.41) is 0. The van der Waals surface area contributed by atoms with Gasteiger partial charge in [0.2, 0.25) is 16.7 Å².